The molecule has 0 amide bonds. The van der Waals surface area contributed by atoms with E-state index < -0.39 is 0 Å². The Morgan fingerprint density at radius 1 is 1.86 bits per heavy atom. The maximum Gasteiger partial charge on any atom is 0.106 e. The summed E-state index contributed by atoms with van der Waals surface area (Å²) < 4.78 is 0. The molecule has 0 aliphatic heterocycles. The highest BCUT2D eigenvalue weighted by Crippen LogP contribution is 2.07. The van der Waals surface area contributed by atoms with Gasteiger partial charge in [0.15, 0.2) is 0 Å². The molecule has 0 aromatic heterocycles. The zero-order chi connectivity index (χ0) is 5.70. The summed E-state index contributed by atoms with van der Waals surface area (Å²) >= 11 is 1.47. The van der Waals surface area contributed by atoms with Gasteiger partial charge in [0.1, 0.15) is 6.07 Å². The van der Waals surface area contributed by atoms with Gasteiger partial charge in [-0.25, -0.2) is 0 Å². The maximum atomic E-state index is 8.19. The Kier molecular flexibility index (Phi) is 3.53. The fraction of sp³-hybridized carbons (Fsp3) is 0.400. The van der Waals surface area contributed by atoms with Crippen LogP contribution in [0.3, 0.4) is 0 Å². The van der Waals surface area contributed by atoms with Gasteiger partial charge in [-0.05, 0) is 13.2 Å². The van der Waals surface area contributed by atoms with E-state index in [4.69, 9.17) is 5.26 Å². The van der Waals surface area contributed by atoms with Gasteiger partial charge in [0.05, 0.1) is 4.91 Å². The number of hydrogen-bond donors (Lipinski definition) is 0. The van der Waals surface area contributed by atoms with Crippen LogP contribution in [0.25, 0.3) is 0 Å². The number of thioether (sulfide) groups is 1. The molecule has 38 valence electrons. The van der Waals surface area contributed by atoms with Gasteiger partial charge in [-0.15, -0.1) is 11.8 Å². The molecular weight excluding hydrogens is 106 g/mol. The molecule has 2 heteroatoms. The lowest BCUT2D eigenvalue weighted by Gasteiger charge is -1.81. The molecule has 0 spiro atoms. The molecule has 0 unspecified atom stereocenters. The van der Waals surface area contributed by atoms with E-state index in [1.54, 1.807) is 6.08 Å². The third-order valence-electron chi connectivity index (χ3n) is 0.592. The highest BCUT2D eigenvalue weighted by molar-refractivity contribution is 8.02. The van der Waals surface area contributed by atoms with Crippen LogP contribution in [0.1, 0.15) is 6.92 Å². The topological polar surface area (TPSA) is 23.8 Å². The highest BCUT2D eigenvalue weighted by atomic mass is 32.2. The summed E-state index contributed by atoms with van der Waals surface area (Å²) in [7, 11) is 0. The summed E-state index contributed by atoms with van der Waals surface area (Å²) in [6.45, 7) is 1.86. The minimum absolute atomic E-state index is 0.778. The Morgan fingerprint density at radius 3 is 2.43 bits per heavy atom. The van der Waals surface area contributed by atoms with Crippen LogP contribution in [-0.4, -0.2) is 6.26 Å². The molecular formula is C5H7NS. The third kappa shape index (κ3) is 2.30. The highest BCUT2D eigenvalue weighted by Gasteiger charge is 1.82. The zero-order valence-electron chi connectivity index (χ0n) is 4.43. The molecule has 0 rings (SSSR count). The van der Waals surface area contributed by atoms with Crippen molar-refractivity contribution in [1.29, 1.82) is 5.26 Å². The van der Waals surface area contributed by atoms with Crippen molar-refractivity contribution in [3.63, 3.8) is 0 Å². The predicted molar refractivity (Wildman–Crippen MR) is 32.9 cm³/mol. The number of nitriles is 1. The molecule has 0 saturated carbocycles. The molecule has 0 bridgehead atoms. The summed E-state index contributed by atoms with van der Waals surface area (Å²) in [5.74, 6) is 0. The minimum atomic E-state index is 0.778. The lowest BCUT2D eigenvalue weighted by atomic mass is 10.6. The van der Waals surface area contributed by atoms with Crippen molar-refractivity contribution >= 4 is 11.8 Å². The van der Waals surface area contributed by atoms with Crippen LogP contribution in [-0.2, 0) is 0 Å². The van der Waals surface area contributed by atoms with Gasteiger partial charge in [0.25, 0.3) is 0 Å². The average molecular weight is 113 g/mol. The second kappa shape index (κ2) is 3.76. The largest absolute Gasteiger partial charge is 0.192 e. The minimum Gasteiger partial charge on any atom is -0.192 e. The Hall–Kier alpha value is -0.420. The van der Waals surface area contributed by atoms with Crippen molar-refractivity contribution < 1.29 is 0 Å². The third-order valence-corrected chi connectivity index (χ3v) is 1.36. The first-order valence-corrected chi connectivity index (χ1v) is 3.18. The molecule has 0 saturated heterocycles. The van der Waals surface area contributed by atoms with Crippen LogP contribution in [0, 0.1) is 11.3 Å². The molecule has 0 aliphatic rings. The molecule has 0 radical (unpaired) electrons. The average Bonchev–Trinajstić information content (AvgIpc) is 1.72. The molecule has 0 atom stereocenters. The Balaban J connectivity index is 3.68. The van der Waals surface area contributed by atoms with Crippen molar-refractivity contribution in [2.45, 2.75) is 6.92 Å². The van der Waals surface area contributed by atoms with E-state index in [0.29, 0.717) is 0 Å². The van der Waals surface area contributed by atoms with Gasteiger partial charge in [-0.2, -0.15) is 5.26 Å². The first kappa shape index (κ1) is 6.58. The van der Waals surface area contributed by atoms with Crippen LogP contribution in [0.2, 0.25) is 0 Å². The van der Waals surface area contributed by atoms with E-state index >= 15 is 0 Å². The molecule has 0 aromatic carbocycles. The number of nitrogens with zero attached hydrogens (tertiary/aromatic N) is 1. The van der Waals surface area contributed by atoms with E-state index in [2.05, 4.69) is 0 Å². The quantitative estimate of drug-likeness (QED) is 0.484. The molecule has 7 heavy (non-hydrogen) atoms. The second-order valence-corrected chi connectivity index (χ2v) is 1.82. The normalized spacial score (nSPS) is 10.7. The first-order valence-electron chi connectivity index (χ1n) is 1.95. The van der Waals surface area contributed by atoms with E-state index in [1.807, 2.05) is 19.2 Å². The van der Waals surface area contributed by atoms with Gasteiger partial charge >= 0.3 is 0 Å². The standard InChI is InChI=1S/C5H7NS/c1-3-5(4-6)7-2/h3H,1-2H3/b5-3+. The number of allylic oxidation sites excluding steroid dienone is 2. The summed E-state index contributed by atoms with van der Waals surface area (Å²) in [5, 5.41) is 8.19. The van der Waals surface area contributed by atoms with Crippen LogP contribution >= 0.6 is 11.8 Å². The van der Waals surface area contributed by atoms with Crippen molar-refractivity contribution in [2.75, 3.05) is 6.26 Å². The van der Waals surface area contributed by atoms with Crippen molar-refractivity contribution in [1.82, 2.24) is 0 Å². The predicted octanol–water partition coefficient (Wildman–Crippen LogP) is 1.78. The molecule has 0 fully saturated rings. The van der Waals surface area contributed by atoms with Gasteiger partial charge in [0.2, 0.25) is 0 Å². The maximum absolute atomic E-state index is 8.19. The van der Waals surface area contributed by atoms with E-state index in [-0.39, 0.29) is 0 Å². The van der Waals surface area contributed by atoms with E-state index in [1.165, 1.54) is 11.8 Å². The zero-order valence-corrected chi connectivity index (χ0v) is 5.25. The monoisotopic (exact) mass is 113 g/mol. The lowest BCUT2D eigenvalue weighted by molar-refractivity contribution is 1.52. The lowest BCUT2D eigenvalue weighted by Crippen LogP contribution is -1.61. The van der Waals surface area contributed by atoms with Crippen LogP contribution < -0.4 is 0 Å². The summed E-state index contributed by atoms with van der Waals surface area (Å²) in [6, 6.07) is 2.03. The van der Waals surface area contributed by atoms with Gasteiger partial charge in [-0.3, -0.25) is 0 Å². The summed E-state index contributed by atoms with van der Waals surface area (Å²) in [5.41, 5.74) is 0. The fourth-order valence-electron chi connectivity index (χ4n) is 0.228. The number of rotatable bonds is 1. The van der Waals surface area contributed by atoms with Crippen molar-refractivity contribution in [3.8, 4) is 6.07 Å². The Morgan fingerprint density at radius 2 is 2.43 bits per heavy atom. The fourth-order valence-corrected chi connectivity index (χ4v) is 0.555. The molecule has 0 aliphatic carbocycles. The van der Waals surface area contributed by atoms with Gasteiger partial charge in [-0.1, -0.05) is 6.08 Å². The Labute approximate surface area is 48.0 Å². The second-order valence-electron chi connectivity index (χ2n) is 0.969. The summed E-state index contributed by atoms with van der Waals surface area (Å²) in [4.78, 5) is 0.778. The van der Waals surface area contributed by atoms with E-state index in [9.17, 15) is 0 Å². The number of hydrogen-bond acceptors (Lipinski definition) is 2. The smallest absolute Gasteiger partial charge is 0.106 e. The van der Waals surface area contributed by atoms with Crippen LogP contribution in [0.5, 0.6) is 0 Å². The Bertz CT molecular complexity index is 110. The molecule has 1 nitrogen and oxygen atoms in total. The van der Waals surface area contributed by atoms with Crippen LogP contribution in [0.15, 0.2) is 11.0 Å². The van der Waals surface area contributed by atoms with Crippen molar-refractivity contribution in [2.24, 2.45) is 0 Å². The summed E-state index contributed by atoms with van der Waals surface area (Å²) in [6.07, 6.45) is 3.68. The molecule has 0 aromatic rings. The SMILES string of the molecule is C/C=C(\C#N)SC. The van der Waals surface area contributed by atoms with Gasteiger partial charge in [0, 0.05) is 0 Å². The molecule has 0 N–H and O–H groups in total. The first-order chi connectivity index (χ1) is 3.35. The van der Waals surface area contributed by atoms with E-state index in [0.717, 1.165) is 4.91 Å². The molecule has 0 heterocycles. The van der Waals surface area contributed by atoms with Crippen molar-refractivity contribution in [3.05, 3.63) is 11.0 Å². The van der Waals surface area contributed by atoms with Crippen LogP contribution in [0.4, 0.5) is 0 Å². The van der Waals surface area contributed by atoms with Gasteiger partial charge < -0.3 is 0 Å².